The fraction of sp³-hybridized carbons (Fsp3) is 0.538. The minimum Gasteiger partial charge on any atom is -0.370 e. The van der Waals surface area contributed by atoms with Crippen molar-refractivity contribution < 1.29 is 14.2 Å². The number of epoxide rings is 2. The summed E-state index contributed by atoms with van der Waals surface area (Å²) in [6.07, 6.45) is 0.0871. The van der Waals surface area contributed by atoms with Crippen LogP contribution in [0.3, 0.4) is 0 Å². The summed E-state index contributed by atoms with van der Waals surface area (Å²) in [7, 11) is 0. The maximum absolute atomic E-state index is 6.76. The fourth-order valence-corrected chi connectivity index (χ4v) is 3.74. The maximum Gasteiger partial charge on any atom is 0.112 e. The summed E-state index contributed by atoms with van der Waals surface area (Å²) in [5.74, 6) is 0. The molecule has 4 unspecified atom stereocenters. The first kappa shape index (κ1) is 20.6. The highest BCUT2D eigenvalue weighted by atomic mass is 16.6. The lowest BCUT2D eigenvalue weighted by molar-refractivity contribution is -0.0420. The Morgan fingerprint density at radius 2 is 1.10 bits per heavy atom. The lowest BCUT2D eigenvalue weighted by Gasteiger charge is -2.27. The zero-order valence-corrected chi connectivity index (χ0v) is 18.6. The van der Waals surface area contributed by atoms with Crippen LogP contribution in [0.4, 0.5) is 0 Å². The van der Waals surface area contributed by atoms with E-state index in [4.69, 9.17) is 14.2 Å². The van der Waals surface area contributed by atoms with Gasteiger partial charge in [-0.05, 0) is 33.1 Å². The summed E-state index contributed by atoms with van der Waals surface area (Å²) in [5, 5.41) is 0. The van der Waals surface area contributed by atoms with Gasteiger partial charge in [-0.3, -0.25) is 0 Å². The molecule has 3 nitrogen and oxygen atoms in total. The monoisotopic (exact) mass is 394 g/mol. The highest BCUT2D eigenvalue weighted by Crippen LogP contribution is 2.41. The van der Waals surface area contributed by atoms with Crippen LogP contribution in [-0.2, 0) is 25.0 Å². The molecule has 0 spiro atoms. The molecule has 2 aliphatic heterocycles. The molecule has 2 saturated heterocycles. The summed E-state index contributed by atoms with van der Waals surface area (Å²) < 4.78 is 18.2. The third kappa shape index (κ3) is 4.91. The molecule has 0 saturated carbocycles. The maximum atomic E-state index is 6.76. The zero-order chi connectivity index (χ0) is 20.8. The number of hydrogen-bond acceptors (Lipinski definition) is 3. The normalized spacial score (nSPS) is 23.5. The van der Waals surface area contributed by atoms with E-state index < -0.39 is 0 Å². The first-order chi connectivity index (χ1) is 13.6. The van der Waals surface area contributed by atoms with Crippen molar-refractivity contribution in [3.05, 3.63) is 70.8 Å². The third-order valence-electron chi connectivity index (χ3n) is 5.85. The van der Waals surface area contributed by atoms with Crippen molar-refractivity contribution in [3.8, 4) is 0 Å². The summed E-state index contributed by atoms with van der Waals surface area (Å²) >= 11 is 0. The van der Waals surface area contributed by atoms with E-state index in [-0.39, 0.29) is 35.2 Å². The second-order valence-electron chi connectivity index (χ2n) is 10.5. The largest absolute Gasteiger partial charge is 0.370 e. The Labute approximate surface area is 175 Å². The molecular formula is C26H34O3. The van der Waals surface area contributed by atoms with Crippen LogP contribution in [0.2, 0.25) is 0 Å². The van der Waals surface area contributed by atoms with Gasteiger partial charge in [-0.25, -0.2) is 0 Å². The van der Waals surface area contributed by atoms with Crippen molar-refractivity contribution in [2.45, 2.75) is 76.8 Å². The summed E-state index contributed by atoms with van der Waals surface area (Å²) in [6.45, 7) is 15.0. The van der Waals surface area contributed by atoms with Gasteiger partial charge in [0.2, 0.25) is 0 Å². The number of ether oxygens (including phenoxy) is 3. The fourth-order valence-electron chi connectivity index (χ4n) is 3.74. The van der Waals surface area contributed by atoms with E-state index >= 15 is 0 Å². The van der Waals surface area contributed by atoms with Crippen LogP contribution < -0.4 is 0 Å². The summed E-state index contributed by atoms with van der Waals surface area (Å²) in [4.78, 5) is 0. The molecule has 2 heterocycles. The van der Waals surface area contributed by atoms with E-state index in [0.717, 1.165) is 13.2 Å². The van der Waals surface area contributed by atoms with Gasteiger partial charge in [0.1, 0.15) is 24.4 Å². The molecule has 3 heteroatoms. The van der Waals surface area contributed by atoms with Crippen LogP contribution in [0.1, 0.15) is 76.0 Å². The summed E-state index contributed by atoms with van der Waals surface area (Å²) in [6, 6.07) is 17.6. The van der Waals surface area contributed by atoms with Gasteiger partial charge in [0.15, 0.2) is 0 Å². The predicted octanol–water partition coefficient (Wildman–Crippen LogP) is 5.88. The molecule has 2 fully saturated rings. The van der Waals surface area contributed by atoms with Gasteiger partial charge in [0, 0.05) is 0 Å². The van der Waals surface area contributed by atoms with Gasteiger partial charge < -0.3 is 14.2 Å². The van der Waals surface area contributed by atoms with Gasteiger partial charge >= 0.3 is 0 Å². The Morgan fingerprint density at radius 3 is 1.41 bits per heavy atom. The lowest BCUT2D eigenvalue weighted by Crippen LogP contribution is -2.21. The van der Waals surface area contributed by atoms with E-state index in [0.29, 0.717) is 0 Å². The zero-order valence-electron chi connectivity index (χ0n) is 18.6. The molecule has 29 heavy (non-hydrogen) atoms. The second kappa shape index (κ2) is 7.54. The van der Waals surface area contributed by atoms with Crippen LogP contribution in [-0.4, -0.2) is 25.4 Å². The molecule has 0 aromatic heterocycles. The number of benzene rings is 2. The van der Waals surface area contributed by atoms with Crippen LogP contribution in [0.15, 0.2) is 48.5 Å². The van der Waals surface area contributed by atoms with E-state index in [2.05, 4.69) is 90.1 Å². The number of rotatable bonds is 6. The van der Waals surface area contributed by atoms with Gasteiger partial charge in [-0.1, -0.05) is 90.1 Å². The highest BCUT2D eigenvalue weighted by molar-refractivity contribution is 5.33. The lowest BCUT2D eigenvalue weighted by atomic mass is 9.85. The topological polar surface area (TPSA) is 34.3 Å². The standard InChI is InChI=1S/C26H34O3/c1-25(2,3)19-11-7-9-17(13-19)23(21-15-27-21)29-24(22-16-28-22)18-10-8-12-20(14-18)26(4,5)6/h7-14,21-24H,15-16H2,1-6H3. The first-order valence-corrected chi connectivity index (χ1v) is 10.7. The van der Waals surface area contributed by atoms with Gasteiger partial charge in [-0.15, -0.1) is 0 Å². The van der Waals surface area contributed by atoms with E-state index in [1.54, 1.807) is 0 Å². The molecule has 0 amide bonds. The molecule has 0 radical (unpaired) electrons. The van der Waals surface area contributed by atoms with E-state index in [1.165, 1.54) is 22.3 Å². The van der Waals surface area contributed by atoms with Crippen molar-refractivity contribution in [2.24, 2.45) is 0 Å². The quantitative estimate of drug-likeness (QED) is 0.574. The number of hydrogen-bond donors (Lipinski definition) is 0. The summed E-state index contributed by atoms with van der Waals surface area (Å²) in [5.41, 5.74) is 5.22. The molecule has 0 N–H and O–H groups in total. The van der Waals surface area contributed by atoms with Crippen LogP contribution in [0.25, 0.3) is 0 Å². The molecule has 0 aliphatic carbocycles. The first-order valence-electron chi connectivity index (χ1n) is 10.7. The average molecular weight is 395 g/mol. The third-order valence-corrected chi connectivity index (χ3v) is 5.85. The van der Waals surface area contributed by atoms with Gasteiger partial charge in [-0.2, -0.15) is 0 Å². The Balaban J connectivity index is 1.64. The molecular weight excluding hydrogens is 360 g/mol. The Morgan fingerprint density at radius 1 is 0.724 bits per heavy atom. The van der Waals surface area contributed by atoms with Gasteiger partial charge in [0.25, 0.3) is 0 Å². The molecule has 4 rings (SSSR count). The molecule has 2 aromatic carbocycles. The minimum absolute atomic E-state index is 0.0789. The smallest absolute Gasteiger partial charge is 0.112 e. The van der Waals surface area contributed by atoms with Crippen LogP contribution in [0, 0.1) is 0 Å². The van der Waals surface area contributed by atoms with Crippen molar-refractivity contribution in [1.29, 1.82) is 0 Å². The van der Waals surface area contributed by atoms with Crippen molar-refractivity contribution in [3.63, 3.8) is 0 Å². The Kier molecular flexibility index (Phi) is 5.35. The van der Waals surface area contributed by atoms with E-state index in [1.807, 2.05) is 0 Å². The van der Waals surface area contributed by atoms with Crippen molar-refractivity contribution in [2.75, 3.05) is 13.2 Å². The van der Waals surface area contributed by atoms with Crippen LogP contribution >= 0.6 is 0 Å². The molecule has 2 aromatic rings. The average Bonchev–Trinajstić information content (AvgIpc) is 3.54. The van der Waals surface area contributed by atoms with Crippen molar-refractivity contribution >= 4 is 0 Å². The highest BCUT2D eigenvalue weighted by Gasteiger charge is 2.42. The Bertz CT molecular complexity index is 779. The Hall–Kier alpha value is -1.68. The van der Waals surface area contributed by atoms with Crippen molar-refractivity contribution in [1.82, 2.24) is 0 Å². The molecule has 0 bridgehead atoms. The van der Waals surface area contributed by atoms with E-state index in [9.17, 15) is 0 Å². The SMILES string of the molecule is CC(C)(C)c1cccc(C(OC(c2cccc(C(C)(C)C)c2)C2CO2)C2CO2)c1. The molecule has 4 atom stereocenters. The van der Waals surface area contributed by atoms with Crippen LogP contribution in [0.5, 0.6) is 0 Å². The van der Waals surface area contributed by atoms with Gasteiger partial charge in [0.05, 0.1) is 13.2 Å². The predicted molar refractivity (Wildman–Crippen MR) is 116 cm³/mol. The second-order valence-corrected chi connectivity index (χ2v) is 10.5. The molecule has 2 aliphatic rings. The minimum atomic E-state index is -0.0789. The molecule has 156 valence electrons.